The Bertz CT molecular complexity index is 1410. The number of nitrogens with two attached hydrogens (primary N) is 2. The topological polar surface area (TPSA) is 162 Å². The second-order valence-electron chi connectivity index (χ2n) is 10.2. The lowest BCUT2D eigenvalue weighted by atomic mass is 9.89. The summed E-state index contributed by atoms with van der Waals surface area (Å²) in [7, 11) is 0. The van der Waals surface area contributed by atoms with Gasteiger partial charge in [0.25, 0.3) is 5.91 Å². The molecule has 2 amide bonds. The average Bonchev–Trinajstić information content (AvgIpc) is 2.96. The van der Waals surface area contributed by atoms with E-state index >= 15 is 0 Å². The summed E-state index contributed by atoms with van der Waals surface area (Å²) < 4.78 is 5.45. The summed E-state index contributed by atoms with van der Waals surface area (Å²) >= 11 is 0. The van der Waals surface area contributed by atoms with Gasteiger partial charge >= 0.3 is 0 Å². The molecule has 0 aliphatic carbocycles. The SMILES string of the molecule is CC(=N)N1CCC(c2ccc(NC(=O)CN(Cc3cccc(OCC(N)=O)c3)c3cccc(C(=N)N)c3)cc2)CC1.Cl.Cl. The third-order valence-corrected chi connectivity index (χ3v) is 7.14. The number of nitrogens with zero attached hydrogens (tertiary/aromatic N) is 2. The summed E-state index contributed by atoms with van der Waals surface area (Å²) in [5.41, 5.74) is 15.0. The first kappa shape index (κ1) is 34.9. The molecule has 1 aliphatic rings. The van der Waals surface area contributed by atoms with Crippen LogP contribution in [-0.4, -0.2) is 54.6 Å². The summed E-state index contributed by atoms with van der Waals surface area (Å²) in [5.74, 6) is 0.751. The molecule has 0 atom stereocenters. The van der Waals surface area contributed by atoms with Crippen molar-refractivity contribution >= 4 is 59.7 Å². The van der Waals surface area contributed by atoms with Crippen LogP contribution in [0, 0.1) is 10.8 Å². The number of hydrogen-bond donors (Lipinski definition) is 5. The Kier molecular flexibility index (Phi) is 13.3. The number of carbonyl (C=O) groups excluding carboxylic acids is 2. The van der Waals surface area contributed by atoms with Gasteiger partial charge in [0.15, 0.2) is 6.61 Å². The molecule has 0 bridgehead atoms. The Labute approximate surface area is 264 Å². The minimum Gasteiger partial charge on any atom is -0.484 e. The first-order valence-electron chi connectivity index (χ1n) is 13.6. The molecule has 0 aromatic heterocycles. The van der Waals surface area contributed by atoms with E-state index in [0.29, 0.717) is 35.3 Å². The molecule has 0 spiro atoms. The van der Waals surface area contributed by atoms with Crippen molar-refractivity contribution in [2.24, 2.45) is 11.5 Å². The number of likely N-dealkylation sites (tertiary alicyclic amines) is 1. The monoisotopic (exact) mass is 627 g/mol. The molecule has 10 nitrogen and oxygen atoms in total. The quantitative estimate of drug-likeness (QED) is 0.155. The number of benzene rings is 3. The summed E-state index contributed by atoms with van der Waals surface area (Å²) in [6, 6.07) is 22.5. The van der Waals surface area contributed by atoms with Crippen molar-refractivity contribution in [1.82, 2.24) is 4.90 Å². The highest BCUT2D eigenvalue weighted by Crippen LogP contribution is 2.29. The van der Waals surface area contributed by atoms with Crippen molar-refractivity contribution in [3.05, 3.63) is 89.5 Å². The summed E-state index contributed by atoms with van der Waals surface area (Å²) in [6.45, 7) is 3.81. The second-order valence-corrected chi connectivity index (χ2v) is 10.2. The number of nitrogens with one attached hydrogen (secondary N) is 3. The minimum absolute atomic E-state index is 0. The molecule has 0 radical (unpaired) electrons. The Balaban J connectivity index is 0.00000323. The molecule has 3 aromatic carbocycles. The van der Waals surface area contributed by atoms with E-state index in [2.05, 4.69) is 22.3 Å². The van der Waals surface area contributed by atoms with E-state index in [0.717, 1.165) is 37.2 Å². The lowest BCUT2D eigenvalue weighted by Crippen LogP contribution is -2.36. The van der Waals surface area contributed by atoms with Crippen molar-refractivity contribution in [1.29, 1.82) is 10.8 Å². The Morgan fingerprint density at radius 2 is 1.65 bits per heavy atom. The van der Waals surface area contributed by atoms with Crippen molar-refractivity contribution in [2.45, 2.75) is 32.2 Å². The highest BCUT2D eigenvalue weighted by Gasteiger charge is 2.21. The maximum atomic E-state index is 13.2. The van der Waals surface area contributed by atoms with Gasteiger partial charge in [0, 0.05) is 36.6 Å². The second kappa shape index (κ2) is 16.4. The maximum absolute atomic E-state index is 13.2. The van der Waals surface area contributed by atoms with Gasteiger partial charge in [-0.05, 0) is 73.2 Å². The van der Waals surface area contributed by atoms with Crippen LogP contribution in [0.3, 0.4) is 0 Å². The predicted octanol–water partition coefficient (Wildman–Crippen LogP) is 4.50. The van der Waals surface area contributed by atoms with Gasteiger partial charge in [0.05, 0.1) is 12.4 Å². The molecule has 4 rings (SSSR count). The fraction of sp³-hybridized carbons (Fsp3) is 0.290. The molecule has 230 valence electrons. The molecule has 1 heterocycles. The van der Waals surface area contributed by atoms with Crippen LogP contribution in [0.15, 0.2) is 72.8 Å². The van der Waals surface area contributed by atoms with Crippen LogP contribution in [0.25, 0.3) is 0 Å². The Hall–Kier alpha value is -4.28. The van der Waals surface area contributed by atoms with Crippen molar-refractivity contribution in [3.8, 4) is 5.75 Å². The molecule has 7 N–H and O–H groups in total. The number of halogens is 2. The Morgan fingerprint density at radius 1 is 0.977 bits per heavy atom. The first-order valence-corrected chi connectivity index (χ1v) is 13.6. The van der Waals surface area contributed by atoms with Crippen LogP contribution in [0.5, 0.6) is 5.75 Å². The van der Waals surface area contributed by atoms with Gasteiger partial charge in [0.2, 0.25) is 5.91 Å². The zero-order chi connectivity index (χ0) is 29.4. The van der Waals surface area contributed by atoms with Crippen LogP contribution < -0.4 is 26.4 Å². The largest absolute Gasteiger partial charge is 0.484 e. The number of primary amides is 1. The minimum atomic E-state index is -0.564. The van der Waals surface area contributed by atoms with Crippen molar-refractivity contribution < 1.29 is 14.3 Å². The molecule has 1 aliphatic heterocycles. The predicted molar refractivity (Wildman–Crippen MR) is 176 cm³/mol. The smallest absolute Gasteiger partial charge is 0.255 e. The zero-order valence-corrected chi connectivity index (χ0v) is 25.7. The number of hydrogen-bond acceptors (Lipinski definition) is 6. The van der Waals surface area contributed by atoms with Gasteiger partial charge in [-0.25, -0.2) is 0 Å². The van der Waals surface area contributed by atoms with Crippen LogP contribution in [-0.2, 0) is 16.1 Å². The summed E-state index contributed by atoms with van der Waals surface area (Å²) in [6.07, 6.45) is 2.01. The summed E-state index contributed by atoms with van der Waals surface area (Å²) in [5, 5.41) is 18.7. The number of amides is 2. The van der Waals surface area contributed by atoms with Crippen molar-refractivity contribution in [2.75, 3.05) is 36.5 Å². The van der Waals surface area contributed by atoms with Gasteiger partial charge in [0.1, 0.15) is 11.6 Å². The standard InChI is InChI=1S/C31H37N7O3.2ClH/c1-21(32)37-14-12-24(13-15-37)23-8-10-26(11-9-23)36-30(40)19-38(27-6-3-5-25(17-27)31(34)35)18-22-4-2-7-28(16-22)41-20-29(33)39;;/h2-11,16-17,24,32H,12-15,18-20H2,1H3,(H2,33,39)(H3,34,35)(H,36,40);2*1H. The molecule has 1 fully saturated rings. The molecule has 43 heavy (non-hydrogen) atoms. The van der Waals surface area contributed by atoms with E-state index in [1.54, 1.807) is 30.3 Å². The average molecular weight is 629 g/mol. The number of amidine groups is 2. The van der Waals surface area contributed by atoms with E-state index in [9.17, 15) is 9.59 Å². The maximum Gasteiger partial charge on any atom is 0.255 e. The van der Waals surface area contributed by atoms with E-state index in [4.69, 9.17) is 27.0 Å². The van der Waals surface area contributed by atoms with Crippen LogP contribution in [0.1, 0.15) is 42.4 Å². The number of ether oxygens (including phenoxy) is 1. The molecule has 3 aromatic rings. The summed E-state index contributed by atoms with van der Waals surface area (Å²) in [4.78, 5) is 28.3. The van der Waals surface area contributed by atoms with E-state index in [-0.39, 0.29) is 49.7 Å². The van der Waals surface area contributed by atoms with Gasteiger partial charge in [-0.15, -0.1) is 24.8 Å². The van der Waals surface area contributed by atoms with Crippen LogP contribution >= 0.6 is 24.8 Å². The molecular formula is C31H39Cl2N7O3. The fourth-order valence-corrected chi connectivity index (χ4v) is 4.98. The normalized spacial score (nSPS) is 12.7. The van der Waals surface area contributed by atoms with Crippen LogP contribution in [0.4, 0.5) is 11.4 Å². The number of anilines is 2. The van der Waals surface area contributed by atoms with E-state index in [1.807, 2.05) is 42.2 Å². The molecular weight excluding hydrogens is 589 g/mol. The number of carbonyl (C=O) groups is 2. The third-order valence-electron chi connectivity index (χ3n) is 7.14. The third kappa shape index (κ3) is 10.2. The number of nitrogen functional groups attached to an aromatic ring is 1. The molecule has 12 heteroatoms. The highest BCUT2D eigenvalue weighted by molar-refractivity contribution is 5.97. The molecule has 1 saturated heterocycles. The first-order chi connectivity index (χ1) is 19.7. The van der Waals surface area contributed by atoms with Gasteiger partial charge in [-0.1, -0.05) is 36.4 Å². The highest BCUT2D eigenvalue weighted by atomic mass is 35.5. The number of piperidine rings is 1. The lowest BCUT2D eigenvalue weighted by molar-refractivity contribution is -0.120. The van der Waals surface area contributed by atoms with Gasteiger partial charge in [-0.2, -0.15) is 0 Å². The zero-order valence-electron chi connectivity index (χ0n) is 24.0. The molecule has 0 unspecified atom stereocenters. The van der Waals surface area contributed by atoms with Crippen molar-refractivity contribution in [3.63, 3.8) is 0 Å². The lowest BCUT2D eigenvalue weighted by Gasteiger charge is -2.33. The Morgan fingerprint density at radius 3 is 2.28 bits per heavy atom. The van der Waals surface area contributed by atoms with Gasteiger partial charge in [-0.3, -0.25) is 20.4 Å². The molecule has 0 saturated carbocycles. The number of rotatable bonds is 11. The van der Waals surface area contributed by atoms with Gasteiger partial charge < -0.3 is 31.3 Å². The van der Waals surface area contributed by atoms with Crippen LogP contribution in [0.2, 0.25) is 0 Å². The fourth-order valence-electron chi connectivity index (χ4n) is 4.98. The van der Waals surface area contributed by atoms with E-state index in [1.165, 1.54) is 5.56 Å². The van der Waals surface area contributed by atoms with E-state index < -0.39 is 5.91 Å².